The Kier molecular flexibility index (Phi) is 4.36. The molecule has 0 radical (unpaired) electrons. The van der Waals surface area contributed by atoms with Crippen LogP contribution in [-0.4, -0.2) is 12.5 Å². The summed E-state index contributed by atoms with van der Waals surface area (Å²) in [5.41, 5.74) is 2.01. The summed E-state index contributed by atoms with van der Waals surface area (Å²) in [7, 11) is 0. The topological polar surface area (TPSA) is 58.9 Å². The van der Waals surface area contributed by atoms with Gasteiger partial charge < -0.3 is 15.1 Å². The molecule has 0 unspecified atom stereocenters. The number of anilines is 1. The minimum atomic E-state index is -0.0118. The summed E-state index contributed by atoms with van der Waals surface area (Å²) in [6, 6.07) is 11.7. The third-order valence-electron chi connectivity index (χ3n) is 2.98. The third kappa shape index (κ3) is 3.96. The van der Waals surface area contributed by atoms with Crippen molar-refractivity contribution in [3.05, 3.63) is 54.0 Å². The molecule has 0 aliphatic heterocycles. The minimum absolute atomic E-state index is 0.0118. The van der Waals surface area contributed by atoms with E-state index in [1.807, 2.05) is 55.6 Å². The second-order valence-corrected chi connectivity index (χ2v) is 4.66. The number of nitrogens with two attached hydrogens (primary N) is 1. The van der Waals surface area contributed by atoms with Crippen molar-refractivity contribution in [3.8, 4) is 0 Å². The Morgan fingerprint density at radius 2 is 2.05 bits per heavy atom. The van der Waals surface area contributed by atoms with E-state index in [-0.39, 0.29) is 11.9 Å². The Hall–Kier alpha value is -2.07. The van der Waals surface area contributed by atoms with Crippen molar-refractivity contribution in [2.75, 3.05) is 11.9 Å². The molecule has 2 rings (SSSR count). The molecule has 0 saturated heterocycles. The lowest BCUT2D eigenvalue weighted by Gasteiger charge is -2.08. The molecule has 19 heavy (non-hydrogen) atoms. The summed E-state index contributed by atoms with van der Waals surface area (Å²) in [5.74, 6) is 0.866. The van der Waals surface area contributed by atoms with Gasteiger partial charge in [0.25, 0.3) is 5.91 Å². The first kappa shape index (κ1) is 13.4. The molecule has 0 fully saturated rings. The highest BCUT2D eigenvalue weighted by molar-refractivity contribution is 5.91. The van der Waals surface area contributed by atoms with Crippen molar-refractivity contribution in [2.45, 2.75) is 19.9 Å². The van der Waals surface area contributed by atoms with Crippen LogP contribution in [0.4, 0.5) is 5.69 Å². The Labute approximate surface area is 112 Å². The van der Waals surface area contributed by atoms with Crippen molar-refractivity contribution < 1.29 is 14.5 Å². The second kappa shape index (κ2) is 6.20. The van der Waals surface area contributed by atoms with Crippen molar-refractivity contribution in [1.29, 1.82) is 0 Å². The predicted molar refractivity (Wildman–Crippen MR) is 73.7 cm³/mol. The number of aryl methyl sites for hydroxylation is 1. The Balaban J connectivity index is 1.80. The van der Waals surface area contributed by atoms with Gasteiger partial charge in [0.15, 0.2) is 12.3 Å². The van der Waals surface area contributed by atoms with Gasteiger partial charge in [0.05, 0.1) is 6.26 Å². The Morgan fingerprint density at radius 3 is 2.68 bits per heavy atom. The number of quaternary nitrogens is 1. The third-order valence-corrected chi connectivity index (χ3v) is 2.98. The second-order valence-electron chi connectivity index (χ2n) is 4.66. The SMILES string of the molecule is Cc1ccc(NC(=O)C[NH2+][C@@H](C)c2ccco2)cc1. The van der Waals surface area contributed by atoms with E-state index in [0.29, 0.717) is 6.54 Å². The van der Waals surface area contributed by atoms with Gasteiger partial charge in [-0.2, -0.15) is 0 Å². The number of rotatable bonds is 5. The molecule has 1 aromatic heterocycles. The Bertz CT molecular complexity index is 518. The first-order valence-electron chi connectivity index (χ1n) is 6.38. The van der Waals surface area contributed by atoms with Crippen LogP contribution in [0.15, 0.2) is 47.1 Å². The number of hydrogen-bond acceptors (Lipinski definition) is 2. The van der Waals surface area contributed by atoms with Gasteiger partial charge in [0.1, 0.15) is 6.04 Å². The van der Waals surface area contributed by atoms with E-state index in [1.165, 1.54) is 5.56 Å². The van der Waals surface area contributed by atoms with Gasteiger partial charge in [-0.25, -0.2) is 0 Å². The maximum Gasteiger partial charge on any atom is 0.279 e. The quantitative estimate of drug-likeness (QED) is 0.861. The highest BCUT2D eigenvalue weighted by atomic mass is 16.3. The van der Waals surface area contributed by atoms with Gasteiger partial charge in [-0.15, -0.1) is 0 Å². The van der Waals surface area contributed by atoms with Crippen LogP contribution in [0.2, 0.25) is 0 Å². The summed E-state index contributed by atoms with van der Waals surface area (Å²) < 4.78 is 5.30. The molecule has 4 heteroatoms. The molecular formula is C15H19N2O2+. The molecule has 100 valence electrons. The van der Waals surface area contributed by atoms with E-state index in [1.54, 1.807) is 6.26 Å². The van der Waals surface area contributed by atoms with Crippen LogP contribution >= 0.6 is 0 Å². The molecule has 2 aromatic rings. The van der Waals surface area contributed by atoms with E-state index < -0.39 is 0 Å². The zero-order chi connectivity index (χ0) is 13.7. The van der Waals surface area contributed by atoms with Crippen molar-refractivity contribution in [2.24, 2.45) is 0 Å². The summed E-state index contributed by atoms with van der Waals surface area (Å²) in [4.78, 5) is 11.8. The predicted octanol–water partition coefficient (Wildman–Crippen LogP) is 1.85. The fraction of sp³-hybridized carbons (Fsp3) is 0.267. The van der Waals surface area contributed by atoms with Crippen LogP contribution in [-0.2, 0) is 4.79 Å². The number of furan rings is 1. The zero-order valence-corrected chi connectivity index (χ0v) is 11.2. The van der Waals surface area contributed by atoms with Crippen molar-refractivity contribution >= 4 is 11.6 Å². The zero-order valence-electron chi connectivity index (χ0n) is 11.2. The van der Waals surface area contributed by atoms with Crippen LogP contribution in [0.1, 0.15) is 24.3 Å². The maximum absolute atomic E-state index is 11.8. The van der Waals surface area contributed by atoms with E-state index in [0.717, 1.165) is 11.4 Å². The number of hydrogen-bond donors (Lipinski definition) is 2. The fourth-order valence-corrected chi connectivity index (χ4v) is 1.80. The summed E-state index contributed by atoms with van der Waals surface area (Å²) >= 11 is 0. The largest absolute Gasteiger partial charge is 0.463 e. The summed E-state index contributed by atoms with van der Waals surface area (Å²) in [6.07, 6.45) is 1.64. The number of nitrogens with one attached hydrogen (secondary N) is 1. The van der Waals surface area contributed by atoms with E-state index in [2.05, 4.69) is 5.32 Å². The van der Waals surface area contributed by atoms with Crippen molar-refractivity contribution in [3.63, 3.8) is 0 Å². The monoisotopic (exact) mass is 259 g/mol. The van der Waals surface area contributed by atoms with Crippen LogP contribution in [0.3, 0.4) is 0 Å². The summed E-state index contributed by atoms with van der Waals surface area (Å²) in [5, 5.41) is 4.82. The highest BCUT2D eigenvalue weighted by Crippen LogP contribution is 2.09. The normalized spacial score (nSPS) is 12.1. The van der Waals surface area contributed by atoms with Crippen molar-refractivity contribution in [1.82, 2.24) is 0 Å². The van der Waals surface area contributed by atoms with Gasteiger partial charge >= 0.3 is 0 Å². The molecule has 0 saturated carbocycles. The van der Waals surface area contributed by atoms with Gasteiger partial charge in [-0.3, -0.25) is 4.79 Å². The van der Waals surface area contributed by atoms with Crippen LogP contribution < -0.4 is 10.6 Å². The lowest BCUT2D eigenvalue weighted by atomic mass is 10.2. The lowest BCUT2D eigenvalue weighted by Crippen LogP contribution is -2.86. The number of amides is 1. The molecule has 1 atom stereocenters. The smallest absolute Gasteiger partial charge is 0.279 e. The fourth-order valence-electron chi connectivity index (χ4n) is 1.80. The molecule has 4 nitrogen and oxygen atoms in total. The standard InChI is InChI=1S/C15H18N2O2/c1-11-5-7-13(8-6-11)17-15(18)10-16-12(2)14-4-3-9-19-14/h3-9,12,16H,10H2,1-2H3,(H,17,18)/p+1/t12-/m0/s1. The average molecular weight is 259 g/mol. The van der Waals surface area contributed by atoms with Crippen LogP contribution in [0.5, 0.6) is 0 Å². The van der Waals surface area contributed by atoms with E-state index in [9.17, 15) is 4.79 Å². The average Bonchev–Trinajstić information content (AvgIpc) is 2.93. The number of benzene rings is 1. The first-order chi connectivity index (χ1) is 9.15. The van der Waals surface area contributed by atoms with Crippen LogP contribution in [0, 0.1) is 6.92 Å². The first-order valence-corrected chi connectivity index (χ1v) is 6.38. The van der Waals surface area contributed by atoms with Gasteiger partial charge in [0, 0.05) is 5.69 Å². The lowest BCUT2D eigenvalue weighted by molar-refractivity contribution is -0.684. The molecule has 0 aliphatic rings. The molecule has 0 bridgehead atoms. The van der Waals surface area contributed by atoms with Gasteiger partial charge in [0.2, 0.25) is 0 Å². The molecule has 0 spiro atoms. The van der Waals surface area contributed by atoms with Gasteiger partial charge in [-0.1, -0.05) is 17.7 Å². The molecular weight excluding hydrogens is 240 g/mol. The van der Waals surface area contributed by atoms with E-state index in [4.69, 9.17) is 4.42 Å². The number of carbonyl (C=O) groups excluding carboxylic acids is 1. The molecule has 1 aromatic carbocycles. The molecule has 0 aliphatic carbocycles. The van der Waals surface area contributed by atoms with E-state index >= 15 is 0 Å². The molecule has 1 amide bonds. The number of carbonyl (C=O) groups is 1. The maximum atomic E-state index is 11.8. The highest BCUT2D eigenvalue weighted by Gasteiger charge is 2.13. The molecule has 3 N–H and O–H groups in total. The minimum Gasteiger partial charge on any atom is -0.463 e. The Morgan fingerprint density at radius 1 is 1.32 bits per heavy atom. The van der Waals surface area contributed by atoms with Crippen LogP contribution in [0.25, 0.3) is 0 Å². The summed E-state index contributed by atoms with van der Waals surface area (Å²) in [6.45, 7) is 4.40. The molecule has 1 heterocycles. The van der Waals surface area contributed by atoms with Gasteiger partial charge in [-0.05, 0) is 38.1 Å².